The number of aromatic nitrogens is 1. The summed E-state index contributed by atoms with van der Waals surface area (Å²) in [5.74, 6) is -1.78. The third-order valence-electron chi connectivity index (χ3n) is 1.56. The van der Waals surface area contributed by atoms with Crippen molar-refractivity contribution in [2.75, 3.05) is 5.73 Å². The minimum absolute atomic E-state index is 0.325. The molecule has 14 heavy (non-hydrogen) atoms. The molecule has 7 nitrogen and oxygen atoms in total. The number of rotatable bonds is 2. The van der Waals surface area contributed by atoms with Crippen molar-refractivity contribution >= 4 is 17.5 Å². The molecule has 7 heteroatoms. The Balaban J connectivity index is 3.52. The molecule has 1 aromatic heterocycles. The Hall–Kier alpha value is -2.18. The minimum atomic E-state index is -1.39. The normalized spacial score (nSPS) is 9.79. The van der Waals surface area contributed by atoms with Gasteiger partial charge in [0.05, 0.1) is 4.92 Å². The van der Waals surface area contributed by atoms with Gasteiger partial charge in [-0.05, 0) is 13.0 Å². The van der Waals surface area contributed by atoms with Crippen LogP contribution in [0.5, 0.6) is 0 Å². The lowest BCUT2D eigenvalue weighted by Gasteiger charge is -2.01. The first-order valence-electron chi connectivity index (χ1n) is 3.58. The van der Waals surface area contributed by atoms with Crippen LogP contribution in [0.25, 0.3) is 0 Å². The van der Waals surface area contributed by atoms with Crippen molar-refractivity contribution in [1.82, 2.24) is 4.98 Å². The van der Waals surface area contributed by atoms with Gasteiger partial charge in [-0.1, -0.05) is 0 Å². The first-order chi connectivity index (χ1) is 6.43. The van der Waals surface area contributed by atoms with Gasteiger partial charge in [0.1, 0.15) is 5.56 Å². The lowest BCUT2D eigenvalue weighted by atomic mass is 10.2. The fraction of sp³-hybridized carbons (Fsp3) is 0.143. The molecule has 3 N–H and O–H groups in total. The van der Waals surface area contributed by atoms with Gasteiger partial charge in [-0.15, -0.1) is 0 Å². The summed E-state index contributed by atoms with van der Waals surface area (Å²) in [4.78, 5) is 23.9. The molecule has 0 aliphatic rings. The summed E-state index contributed by atoms with van der Waals surface area (Å²) in [5.41, 5.74) is 4.46. The molecule has 74 valence electrons. The number of nitrogen functional groups attached to an aromatic ring is 1. The summed E-state index contributed by atoms with van der Waals surface area (Å²) in [5, 5.41) is 19.2. The Kier molecular flexibility index (Phi) is 2.32. The smallest absolute Gasteiger partial charge is 0.342 e. The molecular weight excluding hydrogens is 190 g/mol. The zero-order valence-corrected chi connectivity index (χ0v) is 7.22. The number of aromatic carboxylic acids is 1. The number of hydrogen-bond acceptors (Lipinski definition) is 5. The van der Waals surface area contributed by atoms with Gasteiger partial charge in [-0.3, -0.25) is 10.1 Å². The van der Waals surface area contributed by atoms with E-state index in [1.165, 1.54) is 6.92 Å². The van der Waals surface area contributed by atoms with Crippen LogP contribution in [0.4, 0.5) is 11.5 Å². The zero-order valence-electron chi connectivity index (χ0n) is 7.22. The molecule has 1 heterocycles. The van der Waals surface area contributed by atoms with Crippen LogP contribution in [0, 0.1) is 17.0 Å². The fourth-order valence-corrected chi connectivity index (χ4v) is 1.05. The highest BCUT2D eigenvalue weighted by Gasteiger charge is 2.24. The van der Waals surface area contributed by atoms with Crippen LogP contribution < -0.4 is 5.73 Å². The molecule has 0 amide bonds. The lowest BCUT2D eigenvalue weighted by molar-refractivity contribution is -0.384. The van der Waals surface area contributed by atoms with Crippen molar-refractivity contribution in [3.05, 3.63) is 27.4 Å². The standard InChI is InChI=1S/C7H7N3O4/c1-3-2-4(7(11)12)5(10(13)14)6(8)9-3/h2H,1H3,(H2,8,9)(H,11,12). The molecule has 0 aliphatic heterocycles. The molecule has 0 aliphatic carbocycles. The number of aryl methyl sites for hydroxylation is 1. The molecule has 0 atom stereocenters. The second-order valence-corrected chi connectivity index (χ2v) is 2.61. The molecule has 0 radical (unpaired) electrons. The van der Waals surface area contributed by atoms with Crippen LogP contribution in [-0.4, -0.2) is 21.0 Å². The van der Waals surface area contributed by atoms with E-state index in [2.05, 4.69) is 4.98 Å². The second kappa shape index (κ2) is 3.29. The number of pyridine rings is 1. The molecule has 0 unspecified atom stereocenters. The molecule has 0 saturated heterocycles. The molecule has 0 spiro atoms. The highest BCUT2D eigenvalue weighted by molar-refractivity contribution is 5.94. The Bertz CT molecular complexity index is 416. The van der Waals surface area contributed by atoms with Crippen LogP contribution in [0.15, 0.2) is 6.07 Å². The summed E-state index contributed by atoms with van der Waals surface area (Å²) in [6, 6.07) is 1.11. The van der Waals surface area contributed by atoms with Gasteiger partial charge in [-0.25, -0.2) is 9.78 Å². The number of nitrogens with zero attached hydrogens (tertiary/aromatic N) is 2. The summed E-state index contributed by atoms with van der Waals surface area (Å²) < 4.78 is 0. The van der Waals surface area contributed by atoms with E-state index in [-0.39, 0.29) is 5.82 Å². The number of nitrogens with two attached hydrogens (primary N) is 1. The number of hydrogen-bond donors (Lipinski definition) is 2. The van der Waals surface area contributed by atoms with E-state index in [1.807, 2.05) is 0 Å². The molecule has 0 fully saturated rings. The van der Waals surface area contributed by atoms with Gasteiger partial charge in [0.25, 0.3) is 0 Å². The third-order valence-corrected chi connectivity index (χ3v) is 1.56. The number of carboxylic acids is 1. The van der Waals surface area contributed by atoms with Gasteiger partial charge in [0.15, 0.2) is 0 Å². The Morgan fingerprint density at radius 3 is 2.71 bits per heavy atom. The van der Waals surface area contributed by atoms with E-state index in [1.54, 1.807) is 0 Å². The van der Waals surface area contributed by atoms with Gasteiger partial charge in [0, 0.05) is 5.69 Å². The molecule has 1 rings (SSSR count). The maximum Gasteiger partial charge on any atom is 0.342 e. The second-order valence-electron chi connectivity index (χ2n) is 2.61. The third kappa shape index (κ3) is 1.60. The fourth-order valence-electron chi connectivity index (χ4n) is 1.05. The summed E-state index contributed by atoms with van der Waals surface area (Å²) in [6.45, 7) is 1.51. The van der Waals surface area contributed by atoms with Crippen molar-refractivity contribution in [2.45, 2.75) is 6.92 Å². The number of nitro groups is 1. The highest BCUT2D eigenvalue weighted by atomic mass is 16.6. The van der Waals surface area contributed by atoms with Crippen LogP contribution in [0.3, 0.4) is 0 Å². The van der Waals surface area contributed by atoms with Crippen molar-refractivity contribution in [2.24, 2.45) is 0 Å². The molecule has 0 saturated carbocycles. The Morgan fingerprint density at radius 1 is 1.71 bits per heavy atom. The largest absolute Gasteiger partial charge is 0.477 e. The topological polar surface area (TPSA) is 119 Å². The van der Waals surface area contributed by atoms with E-state index in [9.17, 15) is 14.9 Å². The van der Waals surface area contributed by atoms with E-state index < -0.39 is 22.1 Å². The van der Waals surface area contributed by atoms with E-state index >= 15 is 0 Å². The monoisotopic (exact) mass is 197 g/mol. The summed E-state index contributed by atoms with van der Waals surface area (Å²) in [7, 11) is 0. The van der Waals surface area contributed by atoms with Crippen molar-refractivity contribution in [3.63, 3.8) is 0 Å². The van der Waals surface area contributed by atoms with E-state index in [0.717, 1.165) is 6.07 Å². The van der Waals surface area contributed by atoms with Crippen LogP contribution >= 0.6 is 0 Å². The van der Waals surface area contributed by atoms with Crippen molar-refractivity contribution in [3.8, 4) is 0 Å². The van der Waals surface area contributed by atoms with Gasteiger partial charge >= 0.3 is 11.7 Å². The molecule has 0 bridgehead atoms. The van der Waals surface area contributed by atoms with Crippen LogP contribution in [0.1, 0.15) is 16.1 Å². The van der Waals surface area contributed by atoms with Gasteiger partial charge < -0.3 is 10.8 Å². The van der Waals surface area contributed by atoms with Gasteiger partial charge in [-0.2, -0.15) is 0 Å². The first kappa shape index (κ1) is 9.90. The predicted molar refractivity (Wildman–Crippen MR) is 47.0 cm³/mol. The number of carbonyl (C=O) groups is 1. The summed E-state index contributed by atoms with van der Waals surface area (Å²) >= 11 is 0. The molecule has 1 aromatic rings. The zero-order chi connectivity index (χ0) is 10.9. The SMILES string of the molecule is Cc1cc(C(=O)O)c([N+](=O)[O-])c(N)n1. The minimum Gasteiger partial charge on any atom is -0.477 e. The number of carboxylic acid groups (broad SMARTS) is 1. The molecular formula is C7H7N3O4. The van der Waals surface area contributed by atoms with Crippen LogP contribution in [0.2, 0.25) is 0 Å². The van der Waals surface area contributed by atoms with Crippen LogP contribution in [-0.2, 0) is 0 Å². The van der Waals surface area contributed by atoms with Crippen molar-refractivity contribution < 1.29 is 14.8 Å². The quantitative estimate of drug-likeness (QED) is 0.528. The van der Waals surface area contributed by atoms with Crippen molar-refractivity contribution in [1.29, 1.82) is 0 Å². The lowest BCUT2D eigenvalue weighted by Crippen LogP contribution is -2.08. The van der Waals surface area contributed by atoms with E-state index in [4.69, 9.17) is 10.8 Å². The highest BCUT2D eigenvalue weighted by Crippen LogP contribution is 2.24. The Labute approximate surface area is 78.3 Å². The number of anilines is 1. The summed E-state index contributed by atoms with van der Waals surface area (Å²) in [6.07, 6.45) is 0. The average molecular weight is 197 g/mol. The predicted octanol–water partition coefficient (Wildman–Crippen LogP) is 0.579. The maximum atomic E-state index is 10.6. The average Bonchev–Trinajstić information content (AvgIpc) is 2.01. The molecule has 0 aromatic carbocycles. The van der Waals surface area contributed by atoms with Gasteiger partial charge in [0.2, 0.25) is 5.82 Å². The van der Waals surface area contributed by atoms with E-state index in [0.29, 0.717) is 5.69 Å². The Morgan fingerprint density at radius 2 is 2.29 bits per heavy atom. The maximum absolute atomic E-state index is 10.6. The first-order valence-corrected chi connectivity index (χ1v) is 3.58.